The van der Waals surface area contributed by atoms with Gasteiger partial charge in [0.1, 0.15) is 6.04 Å². The molecule has 0 saturated heterocycles. The Kier molecular flexibility index (Phi) is 6.89. The average molecular weight is 431 g/mol. The summed E-state index contributed by atoms with van der Waals surface area (Å²) in [6, 6.07) is 14.7. The molecule has 2 aromatic carbocycles. The molecule has 0 heterocycles. The number of carbonyl (C=O) groups excluding carboxylic acids is 2. The van der Waals surface area contributed by atoms with Crippen molar-refractivity contribution >= 4 is 21.9 Å². The highest BCUT2D eigenvalue weighted by Gasteiger charge is 2.44. The number of amides is 1. The Morgan fingerprint density at radius 2 is 1.77 bits per heavy atom. The van der Waals surface area contributed by atoms with E-state index in [1.807, 2.05) is 37.3 Å². The van der Waals surface area contributed by atoms with Crippen LogP contribution in [0.3, 0.4) is 0 Å². The number of rotatable bonds is 9. The molecule has 160 valence electrons. The van der Waals surface area contributed by atoms with Gasteiger partial charge in [0.2, 0.25) is 15.9 Å². The Bertz CT molecular complexity index is 990. The monoisotopic (exact) mass is 430 g/mol. The number of methoxy groups -OCH3 is 1. The number of ether oxygens (including phenoxy) is 1. The first kappa shape index (κ1) is 22.0. The molecule has 0 spiro atoms. The van der Waals surface area contributed by atoms with Gasteiger partial charge in [-0.1, -0.05) is 48.0 Å². The fourth-order valence-corrected chi connectivity index (χ4v) is 4.47. The van der Waals surface area contributed by atoms with E-state index in [0.717, 1.165) is 11.1 Å². The van der Waals surface area contributed by atoms with Crippen LogP contribution in [0.4, 0.5) is 0 Å². The third-order valence-electron chi connectivity index (χ3n) is 5.19. The molecule has 1 aliphatic rings. The van der Waals surface area contributed by atoms with Crippen molar-refractivity contribution < 1.29 is 22.7 Å². The van der Waals surface area contributed by atoms with E-state index in [4.69, 9.17) is 4.74 Å². The second-order valence-electron chi connectivity index (χ2n) is 7.55. The van der Waals surface area contributed by atoms with E-state index in [9.17, 15) is 18.0 Å². The first-order chi connectivity index (χ1) is 14.3. The minimum absolute atomic E-state index is 0.0208. The highest BCUT2D eigenvalue weighted by molar-refractivity contribution is 7.89. The van der Waals surface area contributed by atoms with E-state index < -0.39 is 22.0 Å². The van der Waals surface area contributed by atoms with Gasteiger partial charge in [0, 0.05) is 6.54 Å². The summed E-state index contributed by atoms with van der Waals surface area (Å²) in [6.07, 6.45) is 0.869. The number of hydrogen-bond donors (Lipinski definition) is 2. The van der Waals surface area contributed by atoms with Gasteiger partial charge >= 0.3 is 5.97 Å². The summed E-state index contributed by atoms with van der Waals surface area (Å²) >= 11 is 0. The lowest BCUT2D eigenvalue weighted by Crippen LogP contribution is -2.48. The van der Waals surface area contributed by atoms with E-state index in [-0.39, 0.29) is 29.1 Å². The van der Waals surface area contributed by atoms with Gasteiger partial charge in [-0.25, -0.2) is 8.42 Å². The molecule has 30 heavy (non-hydrogen) atoms. The summed E-state index contributed by atoms with van der Waals surface area (Å²) in [6.45, 7) is 2.17. The van der Waals surface area contributed by atoms with Crippen LogP contribution in [-0.2, 0) is 30.8 Å². The smallest absolute Gasteiger partial charge is 0.309 e. The zero-order valence-electron chi connectivity index (χ0n) is 17.0. The third kappa shape index (κ3) is 5.67. The Balaban J connectivity index is 1.70. The van der Waals surface area contributed by atoms with Crippen molar-refractivity contribution in [2.45, 2.75) is 30.7 Å². The van der Waals surface area contributed by atoms with Gasteiger partial charge in [-0.15, -0.1) is 0 Å². The van der Waals surface area contributed by atoms with Gasteiger partial charge in [-0.3, -0.25) is 9.59 Å². The largest absolute Gasteiger partial charge is 0.469 e. The second-order valence-corrected chi connectivity index (χ2v) is 9.26. The number of aryl methyl sites for hydroxylation is 1. The normalized spacial score (nSPS) is 19.0. The molecule has 2 N–H and O–H groups in total. The predicted molar refractivity (Wildman–Crippen MR) is 112 cm³/mol. The van der Waals surface area contributed by atoms with Crippen molar-refractivity contribution in [1.82, 2.24) is 10.0 Å². The van der Waals surface area contributed by atoms with E-state index >= 15 is 0 Å². The third-order valence-corrected chi connectivity index (χ3v) is 6.68. The van der Waals surface area contributed by atoms with Gasteiger partial charge < -0.3 is 10.1 Å². The summed E-state index contributed by atoms with van der Waals surface area (Å²) in [4.78, 5) is 24.5. The molecule has 1 saturated carbocycles. The maximum absolute atomic E-state index is 12.8. The molecular weight excluding hydrogens is 404 g/mol. The van der Waals surface area contributed by atoms with Crippen molar-refractivity contribution in [1.29, 1.82) is 0 Å². The molecular formula is C22H26N2O5S. The lowest BCUT2D eigenvalue weighted by atomic mass is 10.1. The van der Waals surface area contributed by atoms with E-state index in [1.54, 1.807) is 12.1 Å². The van der Waals surface area contributed by atoms with Gasteiger partial charge in [-0.2, -0.15) is 4.72 Å². The quantitative estimate of drug-likeness (QED) is 0.591. The summed E-state index contributed by atoms with van der Waals surface area (Å²) in [5.41, 5.74) is 1.78. The van der Waals surface area contributed by atoms with Gasteiger partial charge in [0.25, 0.3) is 0 Å². The molecule has 3 rings (SSSR count). The van der Waals surface area contributed by atoms with Crippen LogP contribution in [0.1, 0.15) is 17.5 Å². The van der Waals surface area contributed by atoms with Gasteiger partial charge in [0.15, 0.2) is 0 Å². The van der Waals surface area contributed by atoms with Gasteiger partial charge in [-0.05, 0) is 43.4 Å². The number of carbonyl (C=O) groups is 2. The number of benzene rings is 2. The molecule has 3 atom stereocenters. The fraction of sp³-hybridized carbons (Fsp3) is 0.364. The molecule has 0 radical (unpaired) electrons. The fourth-order valence-electron chi connectivity index (χ4n) is 3.28. The van der Waals surface area contributed by atoms with Crippen molar-refractivity contribution in [3.05, 3.63) is 65.7 Å². The highest BCUT2D eigenvalue weighted by Crippen LogP contribution is 2.38. The van der Waals surface area contributed by atoms with Crippen molar-refractivity contribution in [3.8, 4) is 0 Å². The molecule has 8 heteroatoms. The van der Waals surface area contributed by atoms with Crippen molar-refractivity contribution in [2.24, 2.45) is 11.8 Å². The van der Waals surface area contributed by atoms with Crippen LogP contribution in [0.25, 0.3) is 0 Å². The zero-order chi connectivity index (χ0) is 21.7. The zero-order valence-corrected chi connectivity index (χ0v) is 17.8. The Morgan fingerprint density at radius 3 is 2.40 bits per heavy atom. The molecule has 0 aromatic heterocycles. The standard InChI is InChI=1S/C22H26N2O5S/c1-15-8-10-18(11-9-15)30(27,28)24-20(12-16-6-4-3-5-7-16)21(25)23-14-17-13-19(17)22(26)29-2/h3-11,17,19-20,24H,12-14H2,1-2H3,(H,23,25)/t17-,19+,20+/m1/s1. The van der Waals surface area contributed by atoms with Crippen LogP contribution in [-0.4, -0.2) is 40.0 Å². The molecule has 0 aliphatic heterocycles. The molecule has 1 amide bonds. The minimum Gasteiger partial charge on any atom is -0.469 e. The number of esters is 1. The first-order valence-corrected chi connectivity index (χ1v) is 11.3. The van der Waals surface area contributed by atoms with E-state index in [0.29, 0.717) is 13.0 Å². The average Bonchev–Trinajstić information content (AvgIpc) is 3.51. The van der Waals surface area contributed by atoms with Crippen molar-refractivity contribution in [2.75, 3.05) is 13.7 Å². The molecule has 0 bridgehead atoms. The van der Waals surface area contributed by atoms with Crippen LogP contribution in [0, 0.1) is 18.8 Å². The molecule has 2 aromatic rings. The second kappa shape index (κ2) is 9.40. The number of sulfonamides is 1. The molecule has 1 aliphatic carbocycles. The minimum atomic E-state index is -3.88. The SMILES string of the molecule is COC(=O)[C@H]1C[C@@H]1CNC(=O)[C@H](Cc1ccccc1)NS(=O)(=O)c1ccc(C)cc1. The summed E-state index contributed by atoms with van der Waals surface area (Å²) in [7, 11) is -2.54. The highest BCUT2D eigenvalue weighted by atomic mass is 32.2. The summed E-state index contributed by atoms with van der Waals surface area (Å²) in [5.74, 6) is -0.889. The summed E-state index contributed by atoms with van der Waals surface area (Å²) in [5, 5.41) is 2.78. The van der Waals surface area contributed by atoms with Crippen molar-refractivity contribution in [3.63, 3.8) is 0 Å². The van der Waals surface area contributed by atoms with Crippen LogP contribution in [0.2, 0.25) is 0 Å². The first-order valence-electron chi connectivity index (χ1n) is 9.78. The maximum atomic E-state index is 12.8. The van der Waals surface area contributed by atoms with Crippen LogP contribution in [0.5, 0.6) is 0 Å². The van der Waals surface area contributed by atoms with Gasteiger partial charge in [0.05, 0.1) is 17.9 Å². The van der Waals surface area contributed by atoms with Crippen LogP contribution < -0.4 is 10.0 Å². The molecule has 1 fully saturated rings. The Hall–Kier alpha value is -2.71. The van der Waals surface area contributed by atoms with E-state index in [2.05, 4.69) is 10.0 Å². The van der Waals surface area contributed by atoms with Crippen LogP contribution >= 0.6 is 0 Å². The Morgan fingerprint density at radius 1 is 1.10 bits per heavy atom. The maximum Gasteiger partial charge on any atom is 0.309 e. The predicted octanol–water partition coefficient (Wildman–Crippen LogP) is 1.81. The van der Waals surface area contributed by atoms with E-state index in [1.165, 1.54) is 19.2 Å². The lowest BCUT2D eigenvalue weighted by Gasteiger charge is -2.19. The topological polar surface area (TPSA) is 102 Å². The summed E-state index contributed by atoms with van der Waals surface area (Å²) < 4.78 is 32.9. The lowest BCUT2D eigenvalue weighted by molar-refractivity contribution is -0.142. The van der Waals surface area contributed by atoms with Crippen LogP contribution in [0.15, 0.2) is 59.5 Å². The number of hydrogen-bond acceptors (Lipinski definition) is 5. The Labute approximate surface area is 176 Å². The molecule has 7 nitrogen and oxygen atoms in total. The number of nitrogens with one attached hydrogen (secondary N) is 2. The molecule has 0 unspecified atom stereocenters.